The predicted octanol–water partition coefficient (Wildman–Crippen LogP) is 2.58. The van der Waals surface area contributed by atoms with Gasteiger partial charge in [0.15, 0.2) is 0 Å². The second kappa shape index (κ2) is 7.89. The summed E-state index contributed by atoms with van der Waals surface area (Å²) in [6, 6.07) is 2.55. The predicted molar refractivity (Wildman–Crippen MR) is 122 cm³/mol. The molecule has 0 aromatic carbocycles. The highest BCUT2D eigenvalue weighted by Crippen LogP contribution is 2.36. The number of thiol groups is 1. The van der Waals surface area contributed by atoms with Crippen molar-refractivity contribution in [2.24, 2.45) is 10.1 Å². The van der Waals surface area contributed by atoms with Crippen molar-refractivity contribution in [2.45, 2.75) is 69.8 Å². The number of hydrogen-bond acceptors (Lipinski definition) is 5. The molecule has 2 heterocycles. The molecular weight excluding hydrogens is 414 g/mol. The molecule has 0 spiro atoms. The molecule has 8 nitrogen and oxygen atoms in total. The third kappa shape index (κ3) is 4.17. The highest BCUT2D eigenvalue weighted by atomic mass is 32.3. The third-order valence-corrected chi connectivity index (χ3v) is 8.08. The van der Waals surface area contributed by atoms with Crippen LogP contribution in [-0.4, -0.2) is 30.4 Å². The molecule has 0 saturated carbocycles. The fraction of sp³-hybridized carbons (Fsp3) is 0.455. The van der Waals surface area contributed by atoms with E-state index >= 15 is 0 Å². The Hall–Kier alpha value is -2.49. The number of urea groups is 1. The minimum absolute atomic E-state index is 0.0464. The van der Waals surface area contributed by atoms with E-state index in [1.807, 2.05) is 0 Å². The van der Waals surface area contributed by atoms with Gasteiger partial charge < -0.3 is 10.4 Å². The van der Waals surface area contributed by atoms with Crippen LogP contribution in [0.5, 0.6) is 0 Å². The number of aliphatic hydroxyl groups is 1. The first kappa shape index (κ1) is 21.7. The van der Waals surface area contributed by atoms with Gasteiger partial charge in [0, 0.05) is 27.7 Å². The molecule has 4 N–H and O–H groups in total. The van der Waals surface area contributed by atoms with Crippen molar-refractivity contribution in [1.82, 2.24) is 9.97 Å². The summed E-state index contributed by atoms with van der Waals surface area (Å²) in [7, 11) is -3.57. The molecule has 0 aliphatic heterocycles. The Kier molecular flexibility index (Phi) is 5.53. The number of nitrogens with two attached hydrogens (primary N) is 1. The van der Waals surface area contributed by atoms with Crippen molar-refractivity contribution in [3.05, 3.63) is 46.5 Å². The molecule has 9 heteroatoms. The first-order valence-electron chi connectivity index (χ1n) is 10.6. The molecule has 4 rings (SSSR count). The number of carbonyl (C=O) groups excluding carboxylic acids is 1. The van der Waals surface area contributed by atoms with Gasteiger partial charge in [-0.25, -0.2) is 4.79 Å². The molecule has 2 aromatic rings. The molecule has 2 aliphatic carbocycles. The van der Waals surface area contributed by atoms with Gasteiger partial charge in [0.1, 0.15) is 5.60 Å². The average Bonchev–Trinajstić information content (AvgIpc) is 3.36. The largest absolute Gasteiger partial charge is 0.384 e. The lowest BCUT2D eigenvalue weighted by molar-refractivity contribution is 0.0737. The Labute approximate surface area is 183 Å². The molecular formula is C22H29N5O3S. The van der Waals surface area contributed by atoms with E-state index in [1.54, 1.807) is 26.0 Å². The zero-order valence-electron chi connectivity index (χ0n) is 18.1. The normalized spacial score (nSPS) is 16.7. The Morgan fingerprint density at radius 2 is 1.77 bits per heavy atom. The first-order valence-corrected chi connectivity index (χ1v) is 12.3. The van der Waals surface area contributed by atoms with E-state index in [2.05, 4.69) is 15.3 Å². The van der Waals surface area contributed by atoms with Gasteiger partial charge in [0.25, 0.3) is 0 Å². The number of carbonyl (C=O) groups is 1. The molecule has 0 radical (unpaired) electrons. The van der Waals surface area contributed by atoms with Gasteiger partial charge in [0.05, 0.1) is 21.3 Å². The number of amides is 2. The van der Waals surface area contributed by atoms with Gasteiger partial charge in [0.2, 0.25) is 0 Å². The SMILES string of the molecule is C/C(=N/C(=O)Nc1c2c(nc3c1CCC3)CCC2)[SH](N)(=O)c1ccc(C(C)(C)O)nc1. The lowest BCUT2D eigenvalue weighted by Gasteiger charge is -2.21. The number of fused-ring (bicyclic) bond motifs is 2. The van der Waals surface area contributed by atoms with Gasteiger partial charge in [-0.3, -0.25) is 19.3 Å². The highest BCUT2D eigenvalue weighted by Gasteiger charge is 2.27. The summed E-state index contributed by atoms with van der Waals surface area (Å²) in [4.78, 5) is 26.0. The van der Waals surface area contributed by atoms with Crippen LogP contribution in [-0.2, 0) is 41.4 Å². The van der Waals surface area contributed by atoms with E-state index in [4.69, 9.17) is 10.1 Å². The standard InChI is InChI=1S/C22H29N5O3S/c1-13(31(23,30)14-10-11-19(24-12-14)22(2,3)29)25-21(28)27-20-15-6-4-8-17(15)26-18-9-5-7-16(18)20/h10-12,29,31H,4-9H2,1-3H3,(H2,23,30)(H,26,27,28)/b25-13-. The Balaban J connectivity index is 1.58. The molecule has 31 heavy (non-hydrogen) atoms. The summed E-state index contributed by atoms with van der Waals surface area (Å²) >= 11 is 0. The van der Waals surface area contributed by atoms with Gasteiger partial charge >= 0.3 is 6.03 Å². The summed E-state index contributed by atoms with van der Waals surface area (Å²) < 4.78 is 13.2. The molecule has 0 fully saturated rings. The number of aromatic nitrogens is 2. The summed E-state index contributed by atoms with van der Waals surface area (Å²) in [5.74, 6) is 0. The first-order chi connectivity index (χ1) is 14.6. The summed E-state index contributed by atoms with van der Waals surface area (Å²) in [6.07, 6.45) is 7.07. The number of nitrogens with zero attached hydrogens (tertiary/aromatic N) is 3. The van der Waals surface area contributed by atoms with Crippen LogP contribution in [0.4, 0.5) is 10.5 Å². The fourth-order valence-corrected chi connectivity index (χ4v) is 5.36. The zero-order valence-corrected chi connectivity index (χ0v) is 19.0. The lowest BCUT2D eigenvalue weighted by atomic mass is 10.1. The summed E-state index contributed by atoms with van der Waals surface area (Å²) in [5.41, 5.74) is 4.49. The Morgan fingerprint density at radius 3 is 2.29 bits per heavy atom. The summed E-state index contributed by atoms with van der Waals surface area (Å²) in [5, 5.41) is 19.1. The number of aryl methyl sites for hydroxylation is 2. The van der Waals surface area contributed by atoms with Gasteiger partial charge in [-0.1, -0.05) is 0 Å². The van der Waals surface area contributed by atoms with Crippen LogP contribution in [0.3, 0.4) is 0 Å². The van der Waals surface area contributed by atoms with Crippen molar-refractivity contribution in [3.8, 4) is 0 Å². The summed E-state index contributed by atoms with van der Waals surface area (Å²) in [6.45, 7) is 4.72. The molecule has 166 valence electrons. The van der Waals surface area contributed by atoms with Gasteiger partial charge in [-0.2, -0.15) is 4.99 Å². The van der Waals surface area contributed by atoms with Crippen molar-refractivity contribution in [1.29, 1.82) is 0 Å². The molecule has 0 atom stereocenters. The quantitative estimate of drug-likeness (QED) is 0.329. The second-order valence-corrected chi connectivity index (χ2v) is 11.2. The smallest absolute Gasteiger partial charge is 0.346 e. The van der Waals surface area contributed by atoms with Crippen LogP contribution in [0.1, 0.15) is 61.8 Å². The molecule has 0 saturated heterocycles. The number of nitrogens with one attached hydrogen (secondary N) is 1. The third-order valence-electron chi connectivity index (χ3n) is 5.99. The number of anilines is 1. The van der Waals surface area contributed by atoms with Crippen LogP contribution in [0.15, 0.2) is 28.2 Å². The maximum Gasteiger partial charge on any atom is 0.346 e. The fourth-order valence-electron chi connectivity index (χ4n) is 4.22. The topological polar surface area (TPSA) is 131 Å². The molecule has 0 unspecified atom stereocenters. The second-order valence-electron chi connectivity index (χ2n) is 8.75. The van der Waals surface area contributed by atoms with E-state index in [-0.39, 0.29) is 9.94 Å². The van der Waals surface area contributed by atoms with Crippen molar-refractivity contribution in [2.75, 3.05) is 5.32 Å². The Morgan fingerprint density at radius 1 is 1.16 bits per heavy atom. The lowest BCUT2D eigenvalue weighted by Crippen LogP contribution is -2.32. The van der Waals surface area contributed by atoms with E-state index in [0.29, 0.717) is 5.69 Å². The van der Waals surface area contributed by atoms with E-state index in [0.717, 1.165) is 66.7 Å². The van der Waals surface area contributed by atoms with Gasteiger partial charge in [-0.05, 0) is 82.6 Å². The van der Waals surface area contributed by atoms with E-state index < -0.39 is 21.8 Å². The number of rotatable bonds is 3. The van der Waals surface area contributed by atoms with Crippen LogP contribution < -0.4 is 10.5 Å². The van der Waals surface area contributed by atoms with Crippen molar-refractivity contribution >= 4 is 26.9 Å². The molecule has 2 aliphatic rings. The monoisotopic (exact) mass is 443 g/mol. The maximum atomic E-state index is 13.2. The molecule has 2 aromatic heterocycles. The molecule has 0 bridgehead atoms. The number of pyridine rings is 2. The minimum atomic E-state index is -3.57. The number of aliphatic imine (C=N–C) groups is 1. The van der Waals surface area contributed by atoms with E-state index in [1.165, 1.54) is 13.1 Å². The highest BCUT2D eigenvalue weighted by molar-refractivity contribution is 8.15. The Bertz CT molecular complexity index is 1090. The van der Waals surface area contributed by atoms with Crippen LogP contribution in [0.2, 0.25) is 0 Å². The van der Waals surface area contributed by atoms with Crippen molar-refractivity contribution in [3.63, 3.8) is 0 Å². The van der Waals surface area contributed by atoms with Gasteiger partial charge in [-0.15, -0.1) is 0 Å². The molecule has 2 amide bonds. The minimum Gasteiger partial charge on any atom is -0.384 e. The zero-order chi connectivity index (χ0) is 22.4. The van der Waals surface area contributed by atoms with Crippen LogP contribution >= 0.6 is 0 Å². The van der Waals surface area contributed by atoms with E-state index in [9.17, 15) is 14.1 Å². The average molecular weight is 444 g/mol. The number of hydrogen-bond donors (Lipinski definition) is 4. The van der Waals surface area contributed by atoms with Crippen LogP contribution in [0, 0.1) is 0 Å². The maximum absolute atomic E-state index is 13.2. The van der Waals surface area contributed by atoms with Crippen molar-refractivity contribution < 1.29 is 14.1 Å². The van der Waals surface area contributed by atoms with Crippen LogP contribution in [0.25, 0.3) is 0 Å².